The van der Waals surface area contributed by atoms with Gasteiger partial charge in [0, 0.05) is 11.1 Å². The van der Waals surface area contributed by atoms with Crippen LogP contribution in [0.3, 0.4) is 0 Å². The van der Waals surface area contributed by atoms with E-state index in [2.05, 4.69) is 22.8 Å². The SMILES string of the molecule is CCCCOc1ccccc1/C=N/NC(=O)C(NC(=O)c1ccc(F)cc1)C(C)C. The molecule has 2 rings (SSSR count). The van der Waals surface area contributed by atoms with E-state index in [-0.39, 0.29) is 11.5 Å². The van der Waals surface area contributed by atoms with Crippen LogP contribution in [0.2, 0.25) is 0 Å². The molecule has 2 N–H and O–H groups in total. The molecule has 2 aromatic carbocycles. The molecule has 0 aliphatic rings. The Morgan fingerprint density at radius 3 is 2.50 bits per heavy atom. The second-order valence-corrected chi connectivity index (χ2v) is 7.18. The lowest BCUT2D eigenvalue weighted by Crippen LogP contribution is -2.48. The maximum Gasteiger partial charge on any atom is 0.262 e. The van der Waals surface area contributed by atoms with Crippen molar-refractivity contribution in [3.05, 3.63) is 65.5 Å². The monoisotopic (exact) mass is 413 g/mol. The molecular weight excluding hydrogens is 385 g/mol. The fraction of sp³-hybridized carbons (Fsp3) is 0.348. The Bertz CT molecular complexity index is 866. The quantitative estimate of drug-likeness (QED) is 0.352. The first-order chi connectivity index (χ1) is 14.4. The third kappa shape index (κ3) is 6.99. The van der Waals surface area contributed by atoms with Gasteiger partial charge in [-0.1, -0.05) is 39.3 Å². The molecule has 0 bridgehead atoms. The van der Waals surface area contributed by atoms with E-state index in [1.807, 2.05) is 38.1 Å². The topological polar surface area (TPSA) is 79.8 Å². The number of nitrogens with one attached hydrogen (secondary N) is 2. The molecule has 0 aliphatic carbocycles. The number of amides is 2. The lowest BCUT2D eigenvalue weighted by Gasteiger charge is -2.20. The number of benzene rings is 2. The highest BCUT2D eigenvalue weighted by Crippen LogP contribution is 2.16. The van der Waals surface area contributed by atoms with Gasteiger partial charge in [0.1, 0.15) is 17.6 Å². The van der Waals surface area contributed by atoms with Gasteiger partial charge >= 0.3 is 0 Å². The summed E-state index contributed by atoms with van der Waals surface area (Å²) in [5, 5.41) is 6.69. The molecule has 0 heterocycles. The average Bonchev–Trinajstić information content (AvgIpc) is 2.73. The van der Waals surface area contributed by atoms with Gasteiger partial charge in [0.15, 0.2) is 0 Å². The first kappa shape index (κ1) is 23.1. The third-order valence-corrected chi connectivity index (χ3v) is 4.39. The number of nitrogens with zero attached hydrogens (tertiary/aromatic N) is 1. The smallest absolute Gasteiger partial charge is 0.262 e. The molecule has 1 atom stereocenters. The van der Waals surface area contributed by atoms with Gasteiger partial charge in [0.05, 0.1) is 12.8 Å². The molecule has 0 aromatic heterocycles. The predicted molar refractivity (Wildman–Crippen MR) is 115 cm³/mol. The Morgan fingerprint density at radius 2 is 1.83 bits per heavy atom. The van der Waals surface area contributed by atoms with Crippen LogP contribution in [0, 0.1) is 11.7 Å². The van der Waals surface area contributed by atoms with Gasteiger partial charge in [-0.25, -0.2) is 9.82 Å². The van der Waals surface area contributed by atoms with Gasteiger partial charge in [-0.05, 0) is 48.7 Å². The zero-order valence-electron chi connectivity index (χ0n) is 17.5. The summed E-state index contributed by atoms with van der Waals surface area (Å²) in [4.78, 5) is 24.9. The number of hydrogen-bond donors (Lipinski definition) is 2. The first-order valence-electron chi connectivity index (χ1n) is 10.0. The molecule has 1 unspecified atom stereocenters. The highest BCUT2D eigenvalue weighted by atomic mass is 19.1. The molecule has 6 nitrogen and oxygen atoms in total. The summed E-state index contributed by atoms with van der Waals surface area (Å²) < 4.78 is 18.8. The predicted octanol–water partition coefficient (Wildman–Crippen LogP) is 3.91. The van der Waals surface area contributed by atoms with Crippen molar-refractivity contribution in [3.63, 3.8) is 0 Å². The van der Waals surface area contributed by atoms with Crippen molar-refractivity contribution in [2.24, 2.45) is 11.0 Å². The van der Waals surface area contributed by atoms with E-state index >= 15 is 0 Å². The zero-order valence-corrected chi connectivity index (χ0v) is 17.5. The largest absolute Gasteiger partial charge is 0.493 e. The van der Waals surface area contributed by atoms with Crippen LogP contribution in [-0.2, 0) is 4.79 Å². The number of carbonyl (C=O) groups excluding carboxylic acids is 2. The lowest BCUT2D eigenvalue weighted by molar-refractivity contribution is -0.123. The normalized spacial score (nSPS) is 12.0. The van der Waals surface area contributed by atoms with Crippen LogP contribution in [0.1, 0.15) is 49.5 Å². The van der Waals surface area contributed by atoms with E-state index in [4.69, 9.17) is 4.74 Å². The van der Waals surface area contributed by atoms with E-state index in [1.54, 1.807) is 0 Å². The molecule has 0 aliphatic heterocycles. The Morgan fingerprint density at radius 1 is 1.13 bits per heavy atom. The van der Waals surface area contributed by atoms with Gasteiger partial charge in [0.2, 0.25) is 0 Å². The summed E-state index contributed by atoms with van der Waals surface area (Å²) in [7, 11) is 0. The van der Waals surface area contributed by atoms with Crippen LogP contribution in [0.15, 0.2) is 53.6 Å². The number of hydrazone groups is 1. The molecule has 7 heteroatoms. The van der Waals surface area contributed by atoms with Crippen molar-refractivity contribution in [1.82, 2.24) is 10.7 Å². The minimum atomic E-state index is -0.796. The summed E-state index contributed by atoms with van der Waals surface area (Å²) >= 11 is 0. The highest BCUT2D eigenvalue weighted by molar-refractivity contribution is 5.97. The molecule has 2 amide bonds. The Kier molecular flexibility index (Phi) is 9.00. The maximum atomic E-state index is 13.0. The number of hydrogen-bond acceptors (Lipinski definition) is 4. The van der Waals surface area contributed by atoms with E-state index in [1.165, 1.54) is 30.5 Å². The van der Waals surface area contributed by atoms with E-state index in [0.717, 1.165) is 18.4 Å². The van der Waals surface area contributed by atoms with Crippen molar-refractivity contribution < 1.29 is 18.7 Å². The molecular formula is C23H28FN3O3. The number of ether oxygens (including phenoxy) is 1. The van der Waals surface area contributed by atoms with Gasteiger partial charge in [-0.2, -0.15) is 5.10 Å². The molecule has 0 radical (unpaired) electrons. The number of para-hydroxylation sites is 1. The van der Waals surface area contributed by atoms with E-state index in [9.17, 15) is 14.0 Å². The molecule has 2 aromatic rings. The van der Waals surface area contributed by atoms with Gasteiger partial charge in [-0.15, -0.1) is 0 Å². The molecule has 0 saturated heterocycles. The van der Waals surface area contributed by atoms with Crippen molar-refractivity contribution >= 4 is 18.0 Å². The third-order valence-electron chi connectivity index (χ3n) is 4.39. The average molecular weight is 413 g/mol. The van der Waals surface area contributed by atoms with Crippen LogP contribution < -0.4 is 15.5 Å². The van der Waals surface area contributed by atoms with E-state index in [0.29, 0.717) is 12.4 Å². The standard InChI is InChI=1S/C23H28FN3O3/c1-4-5-14-30-20-9-7-6-8-18(20)15-25-27-23(29)21(16(2)3)26-22(28)17-10-12-19(24)13-11-17/h6-13,15-16,21H,4-5,14H2,1-3H3,(H,26,28)(H,27,29)/b25-15+. The Labute approximate surface area is 176 Å². The fourth-order valence-electron chi connectivity index (χ4n) is 2.64. The van der Waals surface area contributed by atoms with Crippen LogP contribution in [0.5, 0.6) is 5.75 Å². The molecule has 160 valence electrons. The minimum absolute atomic E-state index is 0.172. The van der Waals surface area contributed by atoms with Crippen molar-refractivity contribution in [2.45, 2.75) is 39.7 Å². The van der Waals surface area contributed by atoms with Crippen molar-refractivity contribution in [3.8, 4) is 5.75 Å². The second-order valence-electron chi connectivity index (χ2n) is 7.18. The molecule has 0 spiro atoms. The molecule has 0 fully saturated rings. The van der Waals surface area contributed by atoms with Crippen LogP contribution in [0.4, 0.5) is 4.39 Å². The summed E-state index contributed by atoms with van der Waals surface area (Å²) in [5.41, 5.74) is 3.49. The minimum Gasteiger partial charge on any atom is -0.493 e. The van der Waals surface area contributed by atoms with Gasteiger partial charge in [-0.3, -0.25) is 9.59 Å². The van der Waals surface area contributed by atoms with Gasteiger partial charge in [0.25, 0.3) is 11.8 Å². The summed E-state index contributed by atoms with van der Waals surface area (Å²) in [6.45, 7) is 6.33. The summed E-state index contributed by atoms with van der Waals surface area (Å²) in [5.74, 6) is -0.815. The van der Waals surface area contributed by atoms with Crippen LogP contribution >= 0.6 is 0 Å². The highest BCUT2D eigenvalue weighted by Gasteiger charge is 2.24. The number of rotatable bonds is 10. The Hall–Kier alpha value is -3.22. The number of halogens is 1. The zero-order chi connectivity index (χ0) is 21.9. The van der Waals surface area contributed by atoms with Crippen molar-refractivity contribution in [1.29, 1.82) is 0 Å². The Balaban J connectivity index is 2.00. The summed E-state index contributed by atoms with van der Waals surface area (Å²) in [6.07, 6.45) is 3.50. The fourth-order valence-corrected chi connectivity index (χ4v) is 2.64. The van der Waals surface area contributed by atoms with E-state index < -0.39 is 23.7 Å². The van der Waals surface area contributed by atoms with Crippen molar-refractivity contribution in [2.75, 3.05) is 6.61 Å². The second kappa shape index (κ2) is 11.7. The van der Waals surface area contributed by atoms with Crippen LogP contribution in [-0.4, -0.2) is 30.7 Å². The summed E-state index contributed by atoms with van der Waals surface area (Å²) in [6, 6.07) is 11.8. The van der Waals surface area contributed by atoms with Gasteiger partial charge < -0.3 is 10.1 Å². The number of carbonyl (C=O) groups is 2. The number of unbranched alkanes of at least 4 members (excludes halogenated alkanes) is 1. The lowest BCUT2D eigenvalue weighted by atomic mass is 10.0. The molecule has 30 heavy (non-hydrogen) atoms. The first-order valence-corrected chi connectivity index (χ1v) is 10.0. The maximum absolute atomic E-state index is 13.0. The van der Waals surface area contributed by atoms with Crippen LogP contribution in [0.25, 0.3) is 0 Å². The molecule has 0 saturated carbocycles.